The minimum absolute atomic E-state index is 0.0432. The van der Waals surface area contributed by atoms with Gasteiger partial charge in [0.2, 0.25) is 5.91 Å². The third kappa shape index (κ3) is 4.22. The molecule has 0 unspecified atom stereocenters. The quantitative estimate of drug-likeness (QED) is 0.932. The van der Waals surface area contributed by atoms with Crippen LogP contribution in [0.3, 0.4) is 0 Å². The van der Waals surface area contributed by atoms with Crippen LogP contribution in [0.4, 0.5) is 13.2 Å². The van der Waals surface area contributed by atoms with E-state index in [-0.39, 0.29) is 18.4 Å². The van der Waals surface area contributed by atoms with Crippen LogP contribution in [0, 0.1) is 5.92 Å². The number of nitrogens with zero attached hydrogens (tertiary/aromatic N) is 1. The fraction of sp³-hybridized carbons (Fsp3) is 0.562. The minimum atomic E-state index is -4.35. The monoisotopic (exact) mass is 314 g/mol. The second-order valence-electron chi connectivity index (χ2n) is 5.97. The Morgan fingerprint density at radius 1 is 1.36 bits per heavy atom. The van der Waals surface area contributed by atoms with Gasteiger partial charge in [-0.05, 0) is 43.4 Å². The number of likely N-dealkylation sites (tertiary alicyclic amines) is 1. The normalized spacial score (nSPS) is 20.8. The molecule has 6 heteroatoms. The van der Waals surface area contributed by atoms with Crippen molar-refractivity contribution in [2.75, 3.05) is 13.1 Å². The van der Waals surface area contributed by atoms with E-state index >= 15 is 0 Å². The van der Waals surface area contributed by atoms with Crippen LogP contribution < -0.4 is 5.73 Å². The lowest BCUT2D eigenvalue weighted by atomic mass is 9.92. The lowest BCUT2D eigenvalue weighted by molar-refractivity contribution is -0.137. The van der Waals surface area contributed by atoms with Gasteiger partial charge in [-0.2, -0.15) is 13.2 Å². The van der Waals surface area contributed by atoms with Crippen LogP contribution in [0.2, 0.25) is 0 Å². The molecule has 1 aromatic carbocycles. The highest BCUT2D eigenvalue weighted by Gasteiger charge is 2.30. The molecule has 2 atom stereocenters. The van der Waals surface area contributed by atoms with E-state index in [1.54, 1.807) is 4.90 Å². The molecular formula is C16H21F3N2O. The largest absolute Gasteiger partial charge is 0.416 e. The molecule has 1 saturated heterocycles. The molecule has 0 aromatic heterocycles. The van der Waals surface area contributed by atoms with Crippen molar-refractivity contribution in [2.24, 2.45) is 11.7 Å². The van der Waals surface area contributed by atoms with Crippen LogP contribution in [0.1, 0.15) is 30.9 Å². The third-order valence-electron chi connectivity index (χ3n) is 4.19. The van der Waals surface area contributed by atoms with Crippen molar-refractivity contribution in [3.05, 3.63) is 35.4 Å². The molecule has 0 spiro atoms. The molecule has 0 bridgehead atoms. The van der Waals surface area contributed by atoms with Crippen molar-refractivity contribution in [3.63, 3.8) is 0 Å². The molecule has 22 heavy (non-hydrogen) atoms. The predicted molar refractivity (Wildman–Crippen MR) is 78.1 cm³/mol. The number of alkyl halides is 3. The summed E-state index contributed by atoms with van der Waals surface area (Å²) in [5.74, 6) is 0.246. The van der Waals surface area contributed by atoms with Gasteiger partial charge in [0.05, 0.1) is 12.0 Å². The molecule has 1 amide bonds. The summed E-state index contributed by atoms with van der Waals surface area (Å²) in [7, 11) is 0. The smallest absolute Gasteiger partial charge is 0.342 e. The van der Waals surface area contributed by atoms with E-state index in [0.29, 0.717) is 24.6 Å². The van der Waals surface area contributed by atoms with E-state index in [2.05, 4.69) is 0 Å². The van der Waals surface area contributed by atoms with Crippen LogP contribution in [0.5, 0.6) is 0 Å². The minimum Gasteiger partial charge on any atom is -0.342 e. The van der Waals surface area contributed by atoms with Crippen molar-refractivity contribution in [1.82, 2.24) is 4.90 Å². The molecule has 0 radical (unpaired) electrons. The van der Waals surface area contributed by atoms with Gasteiger partial charge in [0.1, 0.15) is 0 Å². The molecule has 2 N–H and O–H groups in total. The number of benzene rings is 1. The fourth-order valence-corrected chi connectivity index (χ4v) is 2.76. The van der Waals surface area contributed by atoms with Gasteiger partial charge in [-0.1, -0.05) is 12.1 Å². The number of piperidine rings is 1. The van der Waals surface area contributed by atoms with Gasteiger partial charge in [-0.15, -0.1) is 0 Å². The van der Waals surface area contributed by atoms with Crippen LogP contribution in [0.15, 0.2) is 24.3 Å². The van der Waals surface area contributed by atoms with Gasteiger partial charge in [0.25, 0.3) is 0 Å². The Hall–Kier alpha value is -1.56. The number of amides is 1. The zero-order valence-electron chi connectivity index (χ0n) is 12.6. The number of carbonyl (C=O) groups is 1. The molecular weight excluding hydrogens is 293 g/mol. The molecule has 1 aliphatic heterocycles. The van der Waals surface area contributed by atoms with Crippen LogP contribution in [0.25, 0.3) is 0 Å². The van der Waals surface area contributed by atoms with Crippen LogP contribution >= 0.6 is 0 Å². The number of rotatable bonds is 3. The lowest BCUT2D eigenvalue weighted by Gasteiger charge is -2.34. The maximum atomic E-state index is 12.5. The molecule has 0 saturated carbocycles. The van der Waals surface area contributed by atoms with Crippen molar-refractivity contribution in [2.45, 2.75) is 38.4 Å². The van der Waals surface area contributed by atoms with Crippen LogP contribution in [-0.4, -0.2) is 29.9 Å². The molecule has 0 aliphatic carbocycles. The molecule has 1 fully saturated rings. The summed E-state index contributed by atoms with van der Waals surface area (Å²) in [4.78, 5) is 14.1. The summed E-state index contributed by atoms with van der Waals surface area (Å²) in [5, 5.41) is 0. The third-order valence-corrected chi connectivity index (χ3v) is 4.19. The van der Waals surface area contributed by atoms with Crippen molar-refractivity contribution < 1.29 is 18.0 Å². The Labute approximate surface area is 128 Å². The standard InChI is InChI=1S/C16H21F3N2O/c1-11(20)13-3-2-8-21(10-13)15(22)9-12-4-6-14(7-5-12)16(17,18)19/h4-7,11,13H,2-3,8-10,20H2,1H3/t11-,13+/m0/s1. The lowest BCUT2D eigenvalue weighted by Crippen LogP contribution is -2.45. The Bertz CT molecular complexity index is 511. The summed E-state index contributed by atoms with van der Waals surface area (Å²) in [6, 6.07) is 4.82. The summed E-state index contributed by atoms with van der Waals surface area (Å²) in [5.41, 5.74) is 5.80. The first-order valence-electron chi connectivity index (χ1n) is 7.47. The topological polar surface area (TPSA) is 46.3 Å². The predicted octanol–water partition coefficient (Wildman–Crippen LogP) is 2.83. The average molecular weight is 314 g/mol. The van der Waals surface area contributed by atoms with Gasteiger partial charge >= 0.3 is 6.18 Å². The van der Waals surface area contributed by atoms with Gasteiger partial charge in [0, 0.05) is 19.1 Å². The van der Waals surface area contributed by atoms with E-state index in [1.807, 2.05) is 6.92 Å². The summed E-state index contributed by atoms with van der Waals surface area (Å²) >= 11 is 0. The second kappa shape index (κ2) is 6.69. The van der Waals surface area contributed by atoms with Crippen molar-refractivity contribution in [1.29, 1.82) is 0 Å². The van der Waals surface area contributed by atoms with Gasteiger partial charge < -0.3 is 10.6 Å². The number of hydrogen-bond acceptors (Lipinski definition) is 2. The van der Waals surface area contributed by atoms with E-state index in [0.717, 1.165) is 25.0 Å². The van der Waals surface area contributed by atoms with Gasteiger partial charge in [0.15, 0.2) is 0 Å². The highest BCUT2D eigenvalue weighted by Crippen LogP contribution is 2.29. The second-order valence-corrected chi connectivity index (χ2v) is 5.97. The Kier molecular flexibility index (Phi) is 5.11. The summed E-state index contributed by atoms with van der Waals surface area (Å²) in [6.45, 7) is 3.27. The fourth-order valence-electron chi connectivity index (χ4n) is 2.76. The van der Waals surface area contributed by atoms with Gasteiger partial charge in [-0.3, -0.25) is 4.79 Å². The van der Waals surface area contributed by atoms with Crippen molar-refractivity contribution in [3.8, 4) is 0 Å². The van der Waals surface area contributed by atoms with E-state index < -0.39 is 11.7 Å². The number of nitrogens with two attached hydrogens (primary N) is 1. The highest BCUT2D eigenvalue weighted by molar-refractivity contribution is 5.78. The molecule has 2 rings (SSSR count). The molecule has 1 aliphatic rings. The van der Waals surface area contributed by atoms with E-state index in [1.165, 1.54) is 12.1 Å². The van der Waals surface area contributed by atoms with Crippen molar-refractivity contribution >= 4 is 5.91 Å². The Morgan fingerprint density at radius 3 is 2.55 bits per heavy atom. The molecule has 122 valence electrons. The van der Waals surface area contributed by atoms with Crippen LogP contribution in [-0.2, 0) is 17.4 Å². The first-order valence-corrected chi connectivity index (χ1v) is 7.47. The first kappa shape index (κ1) is 16.8. The number of hydrogen-bond donors (Lipinski definition) is 1. The zero-order valence-corrected chi connectivity index (χ0v) is 12.6. The SMILES string of the molecule is C[C@H](N)[C@@H]1CCCN(C(=O)Cc2ccc(C(F)(F)F)cc2)C1. The summed E-state index contributed by atoms with van der Waals surface area (Å²) in [6.07, 6.45) is -2.28. The van der Waals surface area contributed by atoms with Gasteiger partial charge in [-0.25, -0.2) is 0 Å². The number of carbonyl (C=O) groups excluding carboxylic acids is 1. The summed E-state index contributed by atoms with van der Waals surface area (Å²) < 4.78 is 37.5. The molecule has 1 heterocycles. The average Bonchev–Trinajstić information content (AvgIpc) is 2.47. The Morgan fingerprint density at radius 2 is 2.00 bits per heavy atom. The zero-order chi connectivity index (χ0) is 16.3. The molecule has 1 aromatic rings. The van der Waals surface area contributed by atoms with E-state index in [4.69, 9.17) is 5.73 Å². The maximum absolute atomic E-state index is 12.5. The Balaban J connectivity index is 1.97. The first-order chi connectivity index (χ1) is 10.3. The number of halogens is 3. The highest BCUT2D eigenvalue weighted by atomic mass is 19.4. The molecule has 3 nitrogen and oxygen atoms in total. The van der Waals surface area contributed by atoms with E-state index in [9.17, 15) is 18.0 Å². The maximum Gasteiger partial charge on any atom is 0.416 e.